The fourth-order valence-electron chi connectivity index (χ4n) is 2.95. The number of amides is 2. The molecule has 130 valence electrons. The zero-order valence-corrected chi connectivity index (χ0v) is 15.0. The minimum atomic E-state index is -0.137. The molecule has 0 unspecified atom stereocenters. The van der Waals surface area contributed by atoms with Crippen molar-refractivity contribution in [3.63, 3.8) is 0 Å². The monoisotopic (exact) mass is 327 g/mol. The second-order valence-electron chi connectivity index (χ2n) is 6.20. The Balaban J connectivity index is 1.84. The van der Waals surface area contributed by atoms with Gasteiger partial charge in [-0.05, 0) is 50.9 Å². The molecule has 0 bridgehead atoms. The van der Waals surface area contributed by atoms with Gasteiger partial charge in [0.05, 0.1) is 5.69 Å². The number of fused-ring (bicyclic) bond motifs is 1. The van der Waals surface area contributed by atoms with Gasteiger partial charge in [0.1, 0.15) is 0 Å². The number of rotatable bonds is 8. The molecule has 0 heterocycles. The maximum absolute atomic E-state index is 12.2. The van der Waals surface area contributed by atoms with Crippen molar-refractivity contribution in [2.24, 2.45) is 0 Å². The zero-order valence-electron chi connectivity index (χ0n) is 15.0. The summed E-state index contributed by atoms with van der Waals surface area (Å²) in [4.78, 5) is 14.6. The lowest BCUT2D eigenvalue weighted by Gasteiger charge is -2.20. The Kier molecular flexibility index (Phi) is 7.07. The van der Waals surface area contributed by atoms with E-state index in [0.717, 1.165) is 48.9 Å². The molecular formula is C20H29N3O. The van der Waals surface area contributed by atoms with Gasteiger partial charge in [-0.25, -0.2) is 4.79 Å². The average Bonchev–Trinajstić information content (AvgIpc) is 2.59. The van der Waals surface area contributed by atoms with Gasteiger partial charge < -0.3 is 15.5 Å². The summed E-state index contributed by atoms with van der Waals surface area (Å²) in [5, 5.41) is 8.20. The van der Waals surface area contributed by atoms with Crippen LogP contribution in [-0.2, 0) is 0 Å². The number of benzene rings is 2. The highest BCUT2D eigenvalue weighted by Gasteiger charge is 2.09. The number of hydrogen-bond acceptors (Lipinski definition) is 2. The van der Waals surface area contributed by atoms with Crippen LogP contribution in [0.3, 0.4) is 0 Å². The Morgan fingerprint density at radius 1 is 1.08 bits per heavy atom. The van der Waals surface area contributed by atoms with Crippen molar-refractivity contribution < 1.29 is 4.79 Å². The van der Waals surface area contributed by atoms with Gasteiger partial charge >= 0.3 is 6.03 Å². The number of carbonyl (C=O) groups is 1. The molecule has 0 radical (unpaired) electrons. The smallest absolute Gasteiger partial charge is 0.319 e. The van der Waals surface area contributed by atoms with E-state index in [0.29, 0.717) is 0 Å². The average molecular weight is 327 g/mol. The van der Waals surface area contributed by atoms with E-state index in [1.54, 1.807) is 0 Å². The van der Waals surface area contributed by atoms with Crippen LogP contribution in [0.4, 0.5) is 10.5 Å². The largest absolute Gasteiger partial charge is 0.335 e. The van der Waals surface area contributed by atoms with Gasteiger partial charge in [0.15, 0.2) is 0 Å². The molecule has 0 aliphatic carbocycles. The number of hydrogen-bond donors (Lipinski definition) is 2. The van der Waals surface area contributed by atoms with Crippen LogP contribution < -0.4 is 10.6 Å². The second kappa shape index (κ2) is 9.28. The van der Waals surface area contributed by atoms with Gasteiger partial charge in [-0.3, -0.25) is 0 Å². The number of carbonyl (C=O) groups excluding carboxylic acids is 1. The van der Waals surface area contributed by atoms with Crippen molar-refractivity contribution in [3.05, 3.63) is 42.5 Å². The van der Waals surface area contributed by atoms with Crippen LogP contribution in [0.25, 0.3) is 10.8 Å². The maximum Gasteiger partial charge on any atom is 0.319 e. The summed E-state index contributed by atoms with van der Waals surface area (Å²) in [7, 11) is 0. The van der Waals surface area contributed by atoms with Crippen molar-refractivity contribution in [2.45, 2.75) is 39.7 Å². The van der Waals surface area contributed by atoms with E-state index in [9.17, 15) is 4.79 Å². The quantitative estimate of drug-likeness (QED) is 0.751. The first-order valence-electron chi connectivity index (χ1n) is 8.91. The fraction of sp³-hybridized carbons (Fsp3) is 0.450. The normalized spacial score (nSPS) is 12.3. The molecule has 0 fully saturated rings. The minimum absolute atomic E-state index is 0.137. The van der Waals surface area contributed by atoms with Crippen molar-refractivity contribution in [1.29, 1.82) is 0 Å². The molecule has 0 spiro atoms. The molecule has 2 rings (SSSR count). The lowest BCUT2D eigenvalue weighted by molar-refractivity contribution is 0.247. The van der Waals surface area contributed by atoms with E-state index in [2.05, 4.69) is 36.3 Å². The molecule has 2 N–H and O–H groups in total. The molecular weight excluding hydrogens is 298 g/mol. The molecule has 4 heteroatoms. The summed E-state index contributed by atoms with van der Waals surface area (Å²) >= 11 is 0. The SMILES string of the molecule is CCN(CC)CCC[C@@H](C)NC(=O)Nc1cccc2ccccc12. The number of urea groups is 1. The Bertz CT molecular complexity index is 647. The standard InChI is InChI=1S/C20H29N3O/c1-4-23(5-2)15-9-10-16(3)21-20(24)22-19-14-8-12-17-11-6-7-13-18(17)19/h6-8,11-14,16H,4-5,9-10,15H2,1-3H3,(H2,21,22,24)/t16-/m1/s1. The molecule has 0 aliphatic heterocycles. The fourth-order valence-corrected chi connectivity index (χ4v) is 2.95. The maximum atomic E-state index is 12.2. The van der Waals surface area contributed by atoms with Crippen LogP contribution in [-0.4, -0.2) is 36.6 Å². The molecule has 2 aromatic carbocycles. The van der Waals surface area contributed by atoms with E-state index in [1.807, 2.05) is 42.5 Å². The molecule has 0 saturated carbocycles. The van der Waals surface area contributed by atoms with Crippen molar-refractivity contribution >= 4 is 22.5 Å². The highest BCUT2D eigenvalue weighted by Crippen LogP contribution is 2.22. The molecule has 4 nitrogen and oxygen atoms in total. The van der Waals surface area contributed by atoms with Crippen molar-refractivity contribution in [3.8, 4) is 0 Å². The van der Waals surface area contributed by atoms with Crippen LogP contribution in [0.5, 0.6) is 0 Å². The topological polar surface area (TPSA) is 44.4 Å². The molecule has 0 aliphatic rings. The van der Waals surface area contributed by atoms with Crippen molar-refractivity contribution in [2.75, 3.05) is 25.0 Å². The third-order valence-corrected chi connectivity index (χ3v) is 4.42. The van der Waals surface area contributed by atoms with Crippen LogP contribution in [0.2, 0.25) is 0 Å². The second-order valence-corrected chi connectivity index (χ2v) is 6.20. The van der Waals surface area contributed by atoms with Gasteiger partial charge in [0.25, 0.3) is 0 Å². The Hall–Kier alpha value is -2.07. The first-order chi connectivity index (χ1) is 11.6. The molecule has 24 heavy (non-hydrogen) atoms. The van der Waals surface area contributed by atoms with E-state index in [1.165, 1.54) is 0 Å². The number of anilines is 1. The Labute approximate surface area is 145 Å². The summed E-state index contributed by atoms with van der Waals surface area (Å²) in [5.41, 5.74) is 0.848. The summed E-state index contributed by atoms with van der Waals surface area (Å²) < 4.78 is 0. The number of nitrogens with one attached hydrogen (secondary N) is 2. The Morgan fingerprint density at radius 3 is 2.54 bits per heavy atom. The minimum Gasteiger partial charge on any atom is -0.335 e. The van der Waals surface area contributed by atoms with Crippen LogP contribution in [0.1, 0.15) is 33.6 Å². The van der Waals surface area contributed by atoms with Crippen LogP contribution in [0.15, 0.2) is 42.5 Å². The molecule has 2 aromatic rings. The van der Waals surface area contributed by atoms with Gasteiger partial charge in [0, 0.05) is 11.4 Å². The zero-order chi connectivity index (χ0) is 17.4. The third kappa shape index (κ3) is 5.24. The lowest BCUT2D eigenvalue weighted by atomic mass is 10.1. The van der Waals surface area contributed by atoms with E-state index >= 15 is 0 Å². The predicted octanol–water partition coefficient (Wildman–Crippen LogP) is 4.47. The summed E-state index contributed by atoms with van der Waals surface area (Å²) in [6.07, 6.45) is 2.08. The van der Waals surface area contributed by atoms with Gasteiger partial charge in [-0.1, -0.05) is 50.2 Å². The van der Waals surface area contributed by atoms with E-state index < -0.39 is 0 Å². The van der Waals surface area contributed by atoms with Crippen LogP contribution in [0, 0.1) is 0 Å². The molecule has 1 atom stereocenters. The predicted molar refractivity (Wildman–Crippen MR) is 103 cm³/mol. The van der Waals surface area contributed by atoms with E-state index in [-0.39, 0.29) is 12.1 Å². The molecule has 0 aromatic heterocycles. The summed E-state index contributed by atoms with van der Waals surface area (Å²) in [6.45, 7) is 9.68. The van der Waals surface area contributed by atoms with Gasteiger partial charge in [-0.2, -0.15) is 0 Å². The van der Waals surface area contributed by atoms with Crippen LogP contribution >= 0.6 is 0 Å². The molecule has 0 saturated heterocycles. The van der Waals surface area contributed by atoms with E-state index in [4.69, 9.17) is 0 Å². The summed E-state index contributed by atoms with van der Waals surface area (Å²) in [5.74, 6) is 0. The van der Waals surface area contributed by atoms with Crippen molar-refractivity contribution in [1.82, 2.24) is 10.2 Å². The third-order valence-electron chi connectivity index (χ3n) is 4.42. The first kappa shape index (κ1) is 18.3. The highest BCUT2D eigenvalue weighted by molar-refractivity contribution is 6.01. The van der Waals surface area contributed by atoms with Gasteiger partial charge in [0.2, 0.25) is 0 Å². The number of nitrogens with zero attached hydrogens (tertiary/aromatic N) is 1. The first-order valence-corrected chi connectivity index (χ1v) is 8.91. The molecule has 2 amide bonds. The Morgan fingerprint density at radius 2 is 1.79 bits per heavy atom. The summed E-state index contributed by atoms with van der Waals surface area (Å²) in [6, 6.07) is 14.0. The van der Waals surface area contributed by atoms with Gasteiger partial charge in [-0.15, -0.1) is 0 Å². The highest BCUT2D eigenvalue weighted by atomic mass is 16.2. The lowest BCUT2D eigenvalue weighted by Crippen LogP contribution is -2.36.